The van der Waals surface area contributed by atoms with Crippen molar-refractivity contribution in [1.29, 1.82) is 0 Å². The van der Waals surface area contributed by atoms with Gasteiger partial charge in [-0.25, -0.2) is 0 Å². The van der Waals surface area contributed by atoms with Crippen molar-refractivity contribution in [3.63, 3.8) is 0 Å². The lowest BCUT2D eigenvalue weighted by molar-refractivity contribution is -0.135. The number of benzene rings is 1. The van der Waals surface area contributed by atoms with E-state index in [4.69, 9.17) is 4.74 Å². The van der Waals surface area contributed by atoms with Gasteiger partial charge in [0, 0.05) is 0 Å². The van der Waals surface area contributed by atoms with Crippen LogP contribution in [0, 0.1) is 0 Å². The molecule has 0 bridgehead atoms. The van der Waals surface area contributed by atoms with E-state index >= 15 is 0 Å². The molecule has 124 valence electrons. The van der Waals surface area contributed by atoms with Gasteiger partial charge in [-0.15, -0.1) is 0 Å². The molecule has 1 aromatic rings. The van der Waals surface area contributed by atoms with Crippen LogP contribution in [0.2, 0.25) is 0 Å². The molecule has 0 amide bonds. The van der Waals surface area contributed by atoms with Crippen LogP contribution >= 0.6 is 0 Å². The Morgan fingerprint density at radius 1 is 0.783 bits per heavy atom. The molecule has 0 atom stereocenters. The molecule has 4 rings (SSSR count). The highest BCUT2D eigenvalue weighted by atomic mass is 16.5. The Balaban J connectivity index is 1.72. The second-order valence-corrected chi connectivity index (χ2v) is 7.73. The number of esters is 1. The maximum atomic E-state index is 11.8. The first-order valence-electron chi connectivity index (χ1n) is 9.68. The average Bonchev–Trinajstić information content (AvgIpc) is 2.62. The van der Waals surface area contributed by atoms with Gasteiger partial charge in [0.25, 0.3) is 0 Å². The Kier molecular flexibility index (Phi) is 4.41. The fourth-order valence-corrected chi connectivity index (χ4v) is 4.90. The number of rotatable bonds is 2. The molecular formula is C21H28O2. The van der Waals surface area contributed by atoms with Crippen molar-refractivity contribution < 1.29 is 9.53 Å². The van der Waals surface area contributed by atoms with Crippen molar-refractivity contribution in [2.45, 2.75) is 88.9 Å². The van der Waals surface area contributed by atoms with Gasteiger partial charge in [0.05, 0.1) is 6.42 Å². The van der Waals surface area contributed by atoms with E-state index in [0.29, 0.717) is 18.3 Å². The summed E-state index contributed by atoms with van der Waals surface area (Å²) in [6.45, 7) is 0. The van der Waals surface area contributed by atoms with E-state index in [-0.39, 0.29) is 5.97 Å². The molecule has 0 N–H and O–H groups in total. The van der Waals surface area contributed by atoms with E-state index < -0.39 is 0 Å². The average molecular weight is 312 g/mol. The Morgan fingerprint density at radius 3 is 2.13 bits per heavy atom. The molecule has 2 heteroatoms. The summed E-state index contributed by atoms with van der Waals surface area (Å²) in [7, 11) is 0. The van der Waals surface area contributed by atoms with E-state index in [9.17, 15) is 4.79 Å². The minimum Gasteiger partial charge on any atom is -0.426 e. The Morgan fingerprint density at radius 2 is 1.43 bits per heavy atom. The molecule has 2 nitrogen and oxygen atoms in total. The van der Waals surface area contributed by atoms with Gasteiger partial charge in [-0.2, -0.15) is 0 Å². The number of hydrogen-bond acceptors (Lipinski definition) is 2. The van der Waals surface area contributed by atoms with Crippen LogP contribution in [0.4, 0.5) is 0 Å². The lowest BCUT2D eigenvalue weighted by Gasteiger charge is -2.30. The zero-order valence-corrected chi connectivity index (χ0v) is 14.1. The van der Waals surface area contributed by atoms with E-state index in [1.807, 2.05) is 0 Å². The van der Waals surface area contributed by atoms with Crippen molar-refractivity contribution in [3.05, 3.63) is 28.8 Å². The van der Waals surface area contributed by atoms with Gasteiger partial charge in [-0.05, 0) is 66.7 Å². The standard InChI is InChI=1S/C21H28O2/c22-21-12-11-18-19(16-9-5-2-6-10-16)13-17(14-20(18)23-21)15-7-3-1-4-8-15/h13-16H,1-12H2. The van der Waals surface area contributed by atoms with Crippen molar-refractivity contribution in [1.82, 2.24) is 0 Å². The second-order valence-electron chi connectivity index (χ2n) is 7.73. The molecule has 0 unspecified atom stereocenters. The lowest BCUT2D eigenvalue weighted by Crippen LogP contribution is -2.20. The normalized spacial score (nSPS) is 23.4. The molecule has 2 fully saturated rings. The first kappa shape index (κ1) is 15.2. The summed E-state index contributed by atoms with van der Waals surface area (Å²) in [6.07, 6.45) is 14.8. The molecular weight excluding hydrogens is 284 g/mol. The van der Waals surface area contributed by atoms with Crippen LogP contribution in [0.3, 0.4) is 0 Å². The minimum absolute atomic E-state index is 0.0483. The molecule has 23 heavy (non-hydrogen) atoms. The predicted octanol–water partition coefficient (Wildman–Crippen LogP) is 5.63. The maximum absolute atomic E-state index is 11.8. The largest absolute Gasteiger partial charge is 0.426 e. The summed E-state index contributed by atoms with van der Waals surface area (Å²) < 4.78 is 5.66. The summed E-state index contributed by atoms with van der Waals surface area (Å²) in [6, 6.07) is 4.71. The first-order chi connectivity index (χ1) is 11.3. The highest BCUT2D eigenvalue weighted by molar-refractivity contribution is 5.76. The molecule has 2 saturated carbocycles. The molecule has 0 saturated heterocycles. The smallest absolute Gasteiger partial charge is 0.311 e. The van der Waals surface area contributed by atoms with Gasteiger partial charge in [0.2, 0.25) is 0 Å². The number of hydrogen-bond donors (Lipinski definition) is 0. The molecule has 1 aromatic carbocycles. The van der Waals surface area contributed by atoms with Gasteiger partial charge in [0.15, 0.2) is 0 Å². The van der Waals surface area contributed by atoms with Crippen molar-refractivity contribution in [3.8, 4) is 5.75 Å². The second kappa shape index (κ2) is 6.67. The van der Waals surface area contributed by atoms with E-state index in [1.165, 1.54) is 80.9 Å². The fourth-order valence-electron chi connectivity index (χ4n) is 4.90. The van der Waals surface area contributed by atoms with Crippen LogP contribution in [0.5, 0.6) is 5.75 Å². The molecule has 0 aromatic heterocycles. The van der Waals surface area contributed by atoms with E-state index in [0.717, 1.165) is 12.2 Å². The zero-order valence-electron chi connectivity index (χ0n) is 14.1. The van der Waals surface area contributed by atoms with Crippen LogP contribution in [0.25, 0.3) is 0 Å². The third kappa shape index (κ3) is 3.18. The van der Waals surface area contributed by atoms with Gasteiger partial charge < -0.3 is 4.74 Å². The van der Waals surface area contributed by atoms with Gasteiger partial charge >= 0.3 is 5.97 Å². The number of ether oxygens (including phenoxy) is 1. The van der Waals surface area contributed by atoms with Crippen molar-refractivity contribution in [2.24, 2.45) is 0 Å². The molecule has 0 radical (unpaired) electrons. The molecule has 1 aliphatic heterocycles. The van der Waals surface area contributed by atoms with Crippen LogP contribution < -0.4 is 4.74 Å². The summed E-state index contributed by atoms with van der Waals surface area (Å²) in [5, 5.41) is 0. The Hall–Kier alpha value is -1.31. The summed E-state index contributed by atoms with van der Waals surface area (Å²) in [5.41, 5.74) is 4.31. The third-order valence-electron chi connectivity index (χ3n) is 6.19. The third-order valence-corrected chi connectivity index (χ3v) is 6.19. The number of carbonyl (C=O) groups excluding carboxylic acids is 1. The number of fused-ring (bicyclic) bond motifs is 1. The topological polar surface area (TPSA) is 26.3 Å². The van der Waals surface area contributed by atoms with Gasteiger partial charge in [-0.3, -0.25) is 4.79 Å². The molecule has 1 heterocycles. The Bertz CT molecular complexity index is 578. The quantitative estimate of drug-likeness (QED) is 0.522. The van der Waals surface area contributed by atoms with Crippen LogP contribution in [0.1, 0.15) is 99.2 Å². The molecule has 2 aliphatic carbocycles. The Labute approximate surface area is 139 Å². The summed E-state index contributed by atoms with van der Waals surface area (Å²) in [4.78, 5) is 11.8. The highest BCUT2D eigenvalue weighted by Crippen LogP contribution is 2.43. The molecule has 0 spiro atoms. The minimum atomic E-state index is -0.0483. The number of carbonyl (C=O) groups is 1. The van der Waals surface area contributed by atoms with E-state index in [2.05, 4.69) is 12.1 Å². The summed E-state index contributed by atoms with van der Waals surface area (Å²) in [5.74, 6) is 2.22. The monoisotopic (exact) mass is 312 g/mol. The maximum Gasteiger partial charge on any atom is 0.311 e. The SMILES string of the molecule is O=C1CCc2c(cc(C3CCCCC3)cc2C2CCCCC2)O1. The first-order valence-corrected chi connectivity index (χ1v) is 9.68. The van der Waals surface area contributed by atoms with E-state index in [1.54, 1.807) is 0 Å². The fraction of sp³-hybridized carbons (Fsp3) is 0.667. The van der Waals surface area contributed by atoms with Crippen LogP contribution in [0.15, 0.2) is 12.1 Å². The lowest BCUT2D eigenvalue weighted by atomic mass is 9.77. The van der Waals surface area contributed by atoms with Crippen LogP contribution in [-0.2, 0) is 11.2 Å². The van der Waals surface area contributed by atoms with Crippen LogP contribution in [-0.4, -0.2) is 5.97 Å². The van der Waals surface area contributed by atoms with Crippen molar-refractivity contribution in [2.75, 3.05) is 0 Å². The zero-order chi connectivity index (χ0) is 15.6. The summed E-state index contributed by atoms with van der Waals surface area (Å²) >= 11 is 0. The molecule has 3 aliphatic rings. The van der Waals surface area contributed by atoms with Gasteiger partial charge in [-0.1, -0.05) is 44.6 Å². The highest BCUT2D eigenvalue weighted by Gasteiger charge is 2.27. The van der Waals surface area contributed by atoms with Gasteiger partial charge in [0.1, 0.15) is 5.75 Å². The van der Waals surface area contributed by atoms with Crippen molar-refractivity contribution >= 4 is 5.97 Å². The predicted molar refractivity (Wildman–Crippen MR) is 92.1 cm³/mol.